The number of rotatable bonds is 6. The highest BCUT2D eigenvalue weighted by Crippen LogP contribution is 2.22. The summed E-state index contributed by atoms with van der Waals surface area (Å²) in [5.74, 6) is 2.60. The van der Waals surface area contributed by atoms with Crippen molar-refractivity contribution in [2.75, 3.05) is 48.4 Å². The monoisotopic (exact) mass is 341 g/mol. The van der Waals surface area contributed by atoms with Crippen molar-refractivity contribution >= 4 is 17.5 Å². The van der Waals surface area contributed by atoms with Gasteiger partial charge in [0.05, 0.1) is 7.11 Å². The Morgan fingerprint density at radius 1 is 1.08 bits per heavy atom. The van der Waals surface area contributed by atoms with Gasteiger partial charge in [-0.1, -0.05) is 6.92 Å². The molecule has 0 aliphatic carbocycles. The average Bonchev–Trinajstić information content (AvgIpc) is 2.68. The molecular weight excluding hydrogens is 314 g/mol. The van der Waals surface area contributed by atoms with Gasteiger partial charge in [0.25, 0.3) is 0 Å². The molecule has 6 nitrogen and oxygen atoms in total. The molecule has 1 saturated heterocycles. The van der Waals surface area contributed by atoms with E-state index in [0.29, 0.717) is 6.04 Å². The summed E-state index contributed by atoms with van der Waals surface area (Å²) in [6.07, 6.45) is 2.91. The van der Waals surface area contributed by atoms with Gasteiger partial charge in [0.15, 0.2) is 0 Å². The molecule has 0 saturated carbocycles. The highest BCUT2D eigenvalue weighted by atomic mass is 16.5. The van der Waals surface area contributed by atoms with Gasteiger partial charge in [0.2, 0.25) is 5.95 Å². The van der Waals surface area contributed by atoms with Crippen LogP contribution in [0.15, 0.2) is 36.5 Å². The van der Waals surface area contributed by atoms with Crippen molar-refractivity contribution in [1.82, 2.24) is 9.97 Å². The lowest BCUT2D eigenvalue weighted by molar-refractivity contribution is 0.415. The van der Waals surface area contributed by atoms with E-state index in [1.807, 2.05) is 24.4 Å². The number of piperazine rings is 1. The molecule has 1 aromatic heterocycles. The summed E-state index contributed by atoms with van der Waals surface area (Å²) >= 11 is 0. The van der Waals surface area contributed by atoms with Crippen LogP contribution in [0.4, 0.5) is 17.5 Å². The van der Waals surface area contributed by atoms with E-state index in [1.54, 1.807) is 7.11 Å². The van der Waals surface area contributed by atoms with Crippen LogP contribution in [0.5, 0.6) is 5.75 Å². The molecule has 1 aromatic carbocycles. The molecule has 1 aliphatic rings. The van der Waals surface area contributed by atoms with E-state index in [2.05, 4.69) is 51.1 Å². The third-order valence-electron chi connectivity index (χ3n) is 4.65. The second kappa shape index (κ2) is 8.05. The van der Waals surface area contributed by atoms with Crippen LogP contribution >= 0.6 is 0 Å². The molecular formula is C19H27N5O. The van der Waals surface area contributed by atoms with Crippen molar-refractivity contribution in [1.29, 1.82) is 0 Å². The van der Waals surface area contributed by atoms with E-state index in [4.69, 9.17) is 4.74 Å². The molecule has 2 heterocycles. The summed E-state index contributed by atoms with van der Waals surface area (Å²) in [5, 5.41) is 3.42. The van der Waals surface area contributed by atoms with Crippen molar-refractivity contribution in [2.24, 2.45) is 0 Å². The third-order valence-corrected chi connectivity index (χ3v) is 4.65. The van der Waals surface area contributed by atoms with Crippen LogP contribution in [-0.2, 0) is 0 Å². The van der Waals surface area contributed by atoms with E-state index in [1.165, 1.54) is 5.69 Å². The number of hydrogen-bond donors (Lipinski definition) is 1. The van der Waals surface area contributed by atoms with Crippen LogP contribution in [0, 0.1) is 0 Å². The maximum absolute atomic E-state index is 5.23. The van der Waals surface area contributed by atoms with Crippen molar-refractivity contribution in [3.63, 3.8) is 0 Å². The van der Waals surface area contributed by atoms with Crippen LogP contribution in [0.3, 0.4) is 0 Å². The highest BCUT2D eigenvalue weighted by molar-refractivity contribution is 5.51. The van der Waals surface area contributed by atoms with Gasteiger partial charge in [-0.15, -0.1) is 0 Å². The van der Waals surface area contributed by atoms with E-state index in [-0.39, 0.29) is 0 Å². The second-order valence-corrected chi connectivity index (χ2v) is 6.37. The zero-order chi connectivity index (χ0) is 17.6. The van der Waals surface area contributed by atoms with Crippen molar-refractivity contribution in [3.05, 3.63) is 36.5 Å². The minimum absolute atomic E-state index is 0.412. The maximum atomic E-state index is 5.23. The minimum Gasteiger partial charge on any atom is -0.497 e. The Morgan fingerprint density at radius 3 is 2.40 bits per heavy atom. The Kier molecular flexibility index (Phi) is 5.58. The molecule has 0 radical (unpaired) electrons. The first kappa shape index (κ1) is 17.3. The fraction of sp³-hybridized carbons (Fsp3) is 0.474. The fourth-order valence-corrected chi connectivity index (χ4v) is 2.89. The van der Waals surface area contributed by atoms with Gasteiger partial charge in [-0.05, 0) is 43.7 Å². The lowest BCUT2D eigenvalue weighted by Gasteiger charge is -2.36. The van der Waals surface area contributed by atoms with Crippen LogP contribution in [0.2, 0.25) is 0 Å². The number of anilines is 3. The number of aromatic nitrogens is 2. The van der Waals surface area contributed by atoms with Crippen LogP contribution in [0.25, 0.3) is 0 Å². The topological polar surface area (TPSA) is 53.5 Å². The molecule has 3 rings (SSSR count). The van der Waals surface area contributed by atoms with Gasteiger partial charge in [-0.2, -0.15) is 4.98 Å². The van der Waals surface area contributed by atoms with Gasteiger partial charge in [0.1, 0.15) is 11.6 Å². The highest BCUT2D eigenvalue weighted by Gasteiger charge is 2.19. The van der Waals surface area contributed by atoms with Gasteiger partial charge < -0.3 is 19.9 Å². The standard InChI is InChI=1S/C19H27N5O/c1-4-15(2)21-18-9-10-20-19(22-18)24-13-11-23(12-14-24)16-5-7-17(25-3)8-6-16/h5-10,15H,4,11-14H2,1-3H3,(H,20,21,22). The van der Waals surface area contributed by atoms with E-state index >= 15 is 0 Å². The van der Waals surface area contributed by atoms with Crippen LogP contribution < -0.4 is 19.9 Å². The molecule has 1 fully saturated rings. The molecule has 1 atom stereocenters. The number of hydrogen-bond acceptors (Lipinski definition) is 6. The molecule has 0 bridgehead atoms. The van der Waals surface area contributed by atoms with Gasteiger partial charge in [-0.3, -0.25) is 0 Å². The van der Waals surface area contributed by atoms with Gasteiger partial charge in [-0.25, -0.2) is 4.98 Å². The predicted molar refractivity (Wildman–Crippen MR) is 103 cm³/mol. The normalized spacial score (nSPS) is 15.8. The van der Waals surface area contributed by atoms with E-state index < -0.39 is 0 Å². The second-order valence-electron chi connectivity index (χ2n) is 6.37. The molecule has 1 unspecified atom stereocenters. The largest absolute Gasteiger partial charge is 0.497 e. The predicted octanol–water partition coefficient (Wildman–Crippen LogP) is 3.02. The first-order valence-electron chi connectivity index (χ1n) is 8.93. The van der Waals surface area contributed by atoms with Crippen LogP contribution in [-0.4, -0.2) is 49.3 Å². The smallest absolute Gasteiger partial charge is 0.227 e. The van der Waals surface area contributed by atoms with Gasteiger partial charge >= 0.3 is 0 Å². The number of benzene rings is 1. The Morgan fingerprint density at radius 2 is 1.76 bits per heavy atom. The summed E-state index contributed by atoms with van der Waals surface area (Å²) in [4.78, 5) is 13.8. The SMILES string of the molecule is CCC(C)Nc1ccnc(N2CCN(c3ccc(OC)cc3)CC2)n1. The molecule has 1 N–H and O–H groups in total. The first-order chi connectivity index (χ1) is 12.2. The number of nitrogens with zero attached hydrogens (tertiary/aromatic N) is 4. The number of methoxy groups -OCH3 is 1. The summed E-state index contributed by atoms with van der Waals surface area (Å²) in [6.45, 7) is 8.07. The fourth-order valence-electron chi connectivity index (χ4n) is 2.89. The van der Waals surface area contributed by atoms with Gasteiger partial charge in [0, 0.05) is 44.1 Å². The first-order valence-corrected chi connectivity index (χ1v) is 8.93. The molecule has 0 amide bonds. The molecule has 0 spiro atoms. The zero-order valence-electron chi connectivity index (χ0n) is 15.3. The van der Waals surface area contributed by atoms with E-state index in [9.17, 15) is 0 Å². The molecule has 134 valence electrons. The van der Waals surface area contributed by atoms with E-state index in [0.717, 1.165) is 50.1 Å². The lowest BCUT2D eigenvalue weighted by Crippen LogP contribution is -2.47. The zero-order valence-corrected chi connectivity index (χ0v) is 15.3. The average molecular weight is 341 g/mol. The van der Waals surface area contributed by atoms with Crippen molar-refractivity contribution in [2.45, 2.75) is 26.3 Å². The summed E-state index contributed by atoms with van der Waals surface area (Å²) in [5.41, 5.74) is 1.23. The molecule has 2 aromatic rings. The Bertz CT molecular complexity index is 668. The van der Waals surface area contributed by atoms with Crippen LogP contribution in [0.1, 0.15) is 20.3 Å². The summed E-state index contributed by atoms with van der Waals surface area (Å²) in [7, 11) is 1.69. The maximum Gasteiger partial charge on any atom is 0.227 e. The Balaban J connectivity index is 1.61. The third kappa shape index (κ3) is 4.32. The quantitative estimate of drug-likeness (QED) is 0.872. The number of ether oxygens (including phenoxy) is 1. The van der Waals surface area contributed by atoms with Crippen molar-refractivity contribution in [3.8, 4) is 5.75 Å². The molecule has 1 aliphatic heterocycles. The summed E-state index contributed by atoms with van der Waals surface area (Å²) < 4.78 is 5.23. The summed E-state index contributed by atoms with van der Waals surface area (Å²) in [6, 6.07) is 10.6. The lowest BCUT2D eigenvalue weighted by atomic mass is 10.2. The minimum atomic E-state index is 0.412. The molecule has 25 heavy (non-hydrogen) atoms. The Labute approximate surface area is 149 Å². The Hall–Kier alpha value is -2.50. The van der Waals surface area contributed by atoms with Crippen molar-refractivity contribution < 1.29 is 4.74 Å². The molecule has 6 heteroatoms. The number of nitrogens with one attached hydrogen (secondary N) is 1.